The SMILES string of the molecule is CNc1ncnc(NCCn2cc(C)cn2)c1C. The van der Waals surface area contributed by atoms with E-state index in [0.717, 1.165) is 30.3 Å². The summed E-state index contributed by atoms with van der Waals surface area (Å²) in [5.74, 6) is 1.71. The summed E-state index contributed by atoms with van der Waals surface area (Å²) in [5, 5.41) is 10.6. The Labute approximate surface area is 106 Å². The highest BCUT2D eigenvalue weighted by Gasteiger charge is 2.04. The van der Waals surface area contributed by atoms with Gasteiger partial charge in [0.05, 0.1) is 12.7 Å². The third kappa shape index (κ3) is 2.77. The Bertz CT molecular complexity index is 519. The van der Waals surface area contributed by atoms with E-state index in [0.29, 0.717) is 0 Å². The predicted molar refractivity (Wildman–Crippen MR) is 71.8 cm³/mol. The molecule has 2 heterocycles. The molecule has 18 heavy (non-hydrogen) atoms. The van der Waals surface area contributed by atoms with Crippen molar-refractivity contribution in [1.29, 1.82) is 0 Å². The molecular weight excluding hydrogens is 228 g/mol. The van der Waals surface area contributed by atoms with Gasteiger partial charge in [-0.2, -0.15) is 5.10 Å². The van der Waals surface area contributed by atoms with Gasteiger partial charge in [0, 0.05) is 25.4 Å². The van der Waals surface area contributed by atoms with Crippen LogP contribution in [0.1, 0.15) is 11.1 Å². The lowest BCUT2D eigenvalue weighted by atomic mass is 10.3. The lowest BCUT2D eigenvalue weighted by Crippen LogP contribution is -2.13. The van der Waals surface area contributed by atoms with Crippen LogP contribution in [0.15, 0.2) is 18.7 Å². The molecule has 0 atom stereocenters. The van der Waals surface area contributed by atoms with Gasteiger partial charge in [-0.25, -0.2) is 9.97 Å². The maximum Gasteiger partial charge on any atom is 0.134 e. The molecule has 0 aromatic carbocycles. The summed E-state index contributed by atoms with van der Waals surface area (Å²) in [6.45, 7) is 5.62. The van der Waals surface area contributed by atoms with Gasteiger partial charge in [0.2, 0.25) is 0 Å². The Balaban J connectivity index is 1.94. The van der Waals surface area contributed by atoms with E-state index in [1.807, 2.05) is 38.0 Å². The molecule has 2 aromatic heterocycles. The van der Waals surface area contributed by atoms with Crippen LogP contribution in [0.2, 0.25) is 0 Å². The van der Waals surface area contributed by atoms with E-state index in [4.69, 9.17) is 0 Å². The van der Waals surface area contributed by atoms with Crippen molar-refractivity contribution in [1.82, 2.24) is 19.7 Å². The predicted octanol–water partition coefficient (Wildman–Crippen LogP) is 1.44. The van der Waals surface area contributed by atoms with Gasteiger partial charge < -0.3 is 10.6 Å². The summed E-state index contributed by atoms with van der Waals surface area (Å²) >= 11 is 0. The molecule has 2 aromatic rings. The zero-order chi connectivity index (χ0) is 13.0. The first-order chi connectivity index (χ1) is 8.70. The van der Waals surface area contributed by atoms with Crippen molar-refractivity contribution in [3.05, 3.63) is 29.8 Å². The largest absolute Gasteiger partial charge is 0.373 e. The van der Waals surface area contributed by atoms with Crippen LogP contribution in [-0.2, 0) is 6.54 Å². The molecule has 2 N–H and O–H groups in total. The van der Waals surface area contributed by atoms with Crippen molar-refractivity contribution in [2.75, 3.05) is 24.2 Å². The Morgan fingerprint density at radius 3 is 2.67 bits per heavy atom. The number of rotatable bonds is 5. The van der Waals surface area contributed by atoms with Crippen molar-refractivity contribution < 1.29 is 0 Å². The standard InChI is InChI=1S/C12H18N6/c1-9-6-17-18(7-9)5-4-14-12-10(2)11(13-3)15-8-16-12/h6-8H,4-5H2,1-3H3,(H2,13,14,15,16). The molecule has 2 rings (SSSR count). The molecule has 0 saturated heterocycles. The molecule has 0 aliphatic carbocycles. The maximum atomic E-state index is 4.23. The van der Waals surface area contributed by atoms with Crippen molar-refractivity contribution >= 4 is 11.6 Å². The van der Waals surface area contributed by atoms with Crippen molar-refractivity contribution in [2.24, 2.45) is 0 Å². The van der Waals surface area contributed by atoms with Gasteiger partial charge in [-0.05, 0) is 19.4 Å². The minimum Gasteiger partial charge on any atom is -0.373 e. The Hall–Kier alpha value is -2.11. The first kappa shape index (κ1) is 12.3. The number of nitrogens with zero attached hydrogens (tertiary/aromatic N) is 4. The van der Waals surface area contributed by atoms with Gasteiger partial charge in [0.1, 0.15) is 18.0 Å². The van der Waals surface area contributed by atoms with Crippen molar-refractivity contribution in [3.8, 4) is 0 Å². The fourth-order valence-corrected chi connectivity index (χ4v) is 1.76. The summed E-state index contributed by atoms with van der Waals surface area (Å²) in [6.07, 6.45) is 5.43. The highest BCUT2D eigenvalue weighted by atomic mass is 15.3. The second kappa shape index (κ2) is 5.48. The smallest absolute Gasteiger partial charge is 0.134 e. The normalized spacial score (nSPS) is 10.4. The van der Waals surface area contributed by atoms with Gasteiger partial charge >= 0.3 is 0 Å². The fourth-order valence-electron chi connectivity index (χ4n) is 1.76. The van der Waals surface area contributed by atoms with E-state index in [9.17, 15) is 0 Å². The van der Waals surface area contributed by atoms with Gasteiger partial charge in [-0.3, -0.25) is 4.68 Å². The van der Waals surface area contributed by atoms with Gasteiger partial charge in [0.15, 0.2) is 0 Å². The summed E-state index contributed by atoms with van der Waals surface area (Å²) in [4.78, 5) is 8.38. The topological polar surface area (TPSA) is 67.7 Å². The second-order valence-electron chi connectivity index (χ2n) is 4.15. The van der Waals surface area contributed by atoms with Crippen molar-refractivity contribution in [3.63, 3.8) is 0 Å². The van der Waals surface area contributed by atoms with Crippen molar-refractivity contribution in [2.45, 2.75) is 20.4 Å². The molecule has 6 nitrogen and oxygen atoms in total. The van der Waals surface area contributed by atoms with E-state index < -0.39 is 0 Å². The van der Waals surface area contributed by atoms with Crippen LogP contribution in [-0.4, -0.2) is 33.3 Å². The molecule has 0 bridgehead atoms. The van der Waals surface area contributed by atoms with Crippen LogP contribution in [0, 0.1) is 13.8 Å². The quantitative estimate of drug-likeness (QED) is 0.835. The minimum atomic E-state index is 0.780. The molecule has 0 saturated carbocycles. The zero-order valence-electron chi connectivity index (χ0n) is 10.9. The summed E-state index contributed by atoms with van der Waals surface area (Å²) in [7, 11) is 1.85. The van der Waals surface area contributed by atoms with Gasteiger partial charge in [-0.1, -0.05) is 0 Å². The van der Waals surface area contributed by atoms with Crippen LogP contribution >= 0.6 is 0 Å². The maximum absolute atomic E-state index is 4.23. The van der Waals surface area contributed by atoms with E-state index >= 15 is 0 Å². The van der Waals surface area contributed by atoms with E-state index in [2.05, 4.69) is 25.7 Å². The molecule has 96 valence electrons. The Kier molecular flexibility index (Phi) is 3.76. The molecule has 6 heteroatoms. The molecule has 0 unspecified atom stereocenters. The van der Waals surface area contributed by atoms with E-state index in [1.165, 1.54) is 5.56 Å². The van der Waals surface area contributed by atoms with Crippen LogP contribution in [0.4, 0.5) is 11.6 Å². The molecule has 0 aliphatic heterocycles. The summed E-state index contributed by atoms with van der Waals surface area (Å²) in [6, 6.07) is 0. The van der Waals surface area contributed by atoms with Crippen LogP contribution in [0.3, 0.4) is 0 Å². The first-order valence-electron chi connectivity index (χ1n) is 5.93. The third-order valence-corrected chi connectivity index (χ3v) is 2.72. The summed E-state index contributed by atoms with van der Waals surface area (Å²) in [5.41, 5.74) is 2.20. The third-order valence-electron chi connectivity index (χ3n) is 2.72. The van der Waals surface area contributed by atoms with Gasteiger partial charge in [0.25, 0.3) is 0 Å². The van der Waals surface area contributed by atoms with Crippen LogP contribution in [0.25, 0.3) is 0 Å². The molecule has 0 amide bonds. The number of aryl methyl sites for hydroxylation is 1. The van der Waals surface area contributed by atoms with Gasteiger partial charge in [-0.15, -0.1) is 0 Å². The Morgan fingerprint density at radius 2 is 2.00 bits per heavy atom. The number of anilines is 2. The molecule has 0 radical (unpaired) electrons. The molecular formula is C12H18N6. The monoisotopic (exact) mass is 246 g/mol. The second-order valence-corrected chi connectivity index (χ2v) is 4.15. The van der Waals surface area contributed by atoms with E-state index in [1.54, 1.807) is 6.33 Å². The fraction of sp³-hybridized carbons (Fsp3) is 0.417. The first-order valence-corrected chi connectivity index (χ1v) is 5.93. The number of nitrogens with one attached hydrogen (secondary N) is 2. The highest BCUT2D eigenvalue weighted by molar-refractivity contribution is 5.55. The molecule has 0 spiro atoms. The average Bonchev–Trinajstić information content (AvgIpc) is 2.77. The molecule has 0 aliphatic rings. The average molecular weight is 246 g/mol. The minimum absolute atomic E-state index is 0.780. The number of hydrogen-bond acceptors (Lipinski definition) is 5. The summed E-state index contributed by atoms with van der Waals surface area (Å²) < 4.78 is 1.91. The number of aromatic nitrogens is 4. The van der Waals surface area contributed by atoms with Crippen LogP contribution in [0.5, 0.6) is 0 Å². The molecule has 0 fully saturated rings. The lowest BCUT2D eigenvalue weighted by Gasteiger charge is -2.10. The van der Waals surface area contributed by atoms with E-state index in [-0.39, 0.29) is 0 Å². The number of hydrogen-bond donors (Lipinski definition) is 2. The highest BCUT2D eigenvalue weighted by Crippen LogP contribution is 2.16. The van der Waals surface area contributed by atoms with Crippen LogP contribution < -0.4 is 10.6 Å². The zero-order valence-corrected chi connectivity index (χ0v) is 10.9. The Morgan fingerprint density at radius 1 is 1.22 bits per heavy atom. The lowest BCUT2D eigenvalue weighted by molar-refractivity contribution is 0.636.